The molecular formula is C12H10BrNO2. The van der Waals surface area contributed by atoms with Gasteiger partial charge in [-0.25, -0.2) is 4.79 Å². The molecule has 2 aromatic carbocycles. The van der Waals surface area contributed by atoms with E-state index in [-0.39, 0.29) is 11.3 Å². The molecule has 0 aliphatic heterocycles. The molecule has 0 bridgehead atoms. The summed E-state index contributed by atoms with van der Waals surface area (Å²) in [5.41, 5.74) is 7.24. The van der Waals surface area contributed by atoms with E-state index in [9.17, 15) is 4.79 Å². The highest BCUT2D eigenvalue weighted by Crippen LogP contribution is 2.33. The van der Waals surface area contributed by atoms with E-state index < -0.39 is 5.97 Å². The summed E-state index contributed by atoms with van der Waals surface area (Å²) in [6.07, 6.45) is 0. The Morgan fingerprint density at radius 3 is 2.69 bits per heavy atom. The standard InChI is InChI=1S/C12H10BrNO2/c1-6-2-3-8-7(4-6)5-9(12(15)16)11(14)10(8)13/h2-5H,14H2,1H3,(H,15,16). The number of halogens is 1. The predicted molar refractivity (Wildman–Crippen MR) is 67.8 cm³/mol. The molecule has 2 aromatic rings. The molecule has 82 valence electrons. The van der Waals surface area contributed by atoms with E-state index in [1.54, 1.807) is 6.07 Å². The van der Waals surface area contributed by atoms with Crippen LogP contribution in [-0.4, -0.2) is 11.1 Å². The van der Waals surface area contributed by atoms with E-state index in [0.29, 0.717) is 4.47 Å². The van der Waals surface area contributed by atoms with Gasteiger partial charge in [-0.2, -0.15) is 0 Å². The summed E-state index contributed by atoms with van der Waals surface area (Å²) in [5.74, 6) is -1.01. The Bertz CT molecular complexity index is 593. The number of aromatic carboxylic acids is 1. The number of carbonyl (C=O) groups is 1. The number of benzene rings is 2. The molecule has 0 atom stereocenters. The fraction of sp³-hybridized carbons (Fsp3) is 0.0833. The minimum Gasteiger partial charge on any atom is -0.478 e. The van der Waals surface area contributed by atoms with Gasteiger partial charge in [0.25, 0.3) is 0 Å². The Balaban J connectivity index is 2.88. The van der Waals surface area contributed by atoms with Crippen molar-refractivity contribution >= 4 is 38.4 Å². The van der Waals surface area contributed by atoms with Gasteiger partial charge in [-0.1, -0.05) is 23.8 Å². The lowest BCUT2D eigenvalue weighted by Crippen LogP contribution is -2.03. The summed E-state index contributed by atoms with van der Waals surface area (Å²) < 4.78 is 0.641. The van der Waals surface area contributed by atoms with E-state index in [2.05, 4.69) is 15.9 Å². The largest absolute Gasteiger partial charge is 0.478 e. The van der Waals surface area contributed by atoms with E-state index in [0.717, 1.165) is 16.3 Å². The molecule has 16 heavy (non-hydrogen) atoms. The van der Waals surface area contributed by atoms with Crippen molar-refractivity contribution in [2.24, 2.45) is 0 Å². The Kier molecular flexibility index (Phi) is 2.59. The molecule has 0 saturated carbocycles. The van der Waals surface area contributed by atoms with Crippen molar-refractivity contribution in [2.45, 2.75) is 6.92 Å². The second-order valence-corrected chi connectivity index (χ2v) is 4.47. The number of rotatable bonds is 1. The molecule has 0 aliphatic carbocycles. The monoisotopic (exact) mass is 279 g/mol. The molecule has 0 amide bonds. The Morgan fingerprint density at radius 2 is 2.06 bits per heavy atom. The average molecular weight is 280 g/mol. The maximum Gasteiger partial charge on any atom is 0.337 e. The molecule has 4 heteroatoms. The van der Waals surface area contributed by atoms with Gasteiger partial charge in [0.1, 0.15) is 0 Å². The fourth-order valence-electron chi connectivity index (χ4n) is 1.67. The lowest BCUT2D eigenvalue weighted by Gasteiger charge is -2.08. The predicted octanol–water partition coefficient (Wildman–Crippen LogP) is 3.19. The number of nitrogens with two attached hydrogens (primary N) is 1. The topological polar surface area (TPSA) is 63.3 Å². The summed E-state index contributed by atoms with van der Waals surface area (Å²) in [4.78, 5) is 11.0. The van der Waals surface area contributed by atoms with Crippen LogP contribution in [0.4, 0.5) is 5.69 Å². The Labute approximate surface area is 101 Å². The van der Waals surface area contributed by atoms with Crippen LogP contribution in [-0.2, 0) is 0 Å². The van der Waals surface area contributed by atoms with Gasteiger partial charge < -0.3 is 10.8 Å². The molecule has 0 saturated heterocycles. The molecule has 0 fully saturated rings. The molecular weight excluding hydrogens is 270 g/mol. The van der Waals surface area contributed by atoms with E-state index in [1.807, 2.05) is 25.1 Å². The average Bonchev–Trinajstić information content (AvgIpc) is 2.22. The molecule has 0 heterocycles. The first-order valence-corrected chi connectivity index (χ1v) is 5.51. The number of hydrogen-bond acceptors (Lipinski definition) is 2. The van der Waals surface area contributed by atoms with Gasteiger partial charge in [-0.3, -0.25) is 0 Å². The highest BCUT2D eigenvalue weighted by Gasteiger charge is 2.13. The van der Waals surface area contributed by atoms with E-state index in [4.69, 9.17) is 10.8 Å². The SMILES string of the molecule is Cc1ccc2c(Br)c(N)c(C(=O)O)cc2c1. The number of carboxylic acids is 1. The zero-order valence-corrected chi connectivity index (χ0v) is 10.2. The Morgan fingerprint density at radius 1 is 1.38 bits per heavy atom. The van der Waals surface area contributed by atoms with Crippen molar-refractivity contribution in [1.82, 2.24) is 0 Å². The lowest BCUT2D eigenvalue weighted by atomic mass is 10.0. The fourth-order valence-corrected chi connectivity index (χ4v) is 2.25. The molecule has 0 radical (unpaired) electrons. The van der Waals surface area contributed by atoms with Crippen LogP contribution in [0.5, 0.6) is 0 Å². The van der Waals surface area contributed by atoms with Gasteiger partial charge in [0, 0.05) is 4.47 Å². The third-order valence-electron chi connectivity index (χ3n) is 2.50. The number of carboxylic acid groups (broad SMARTS) is 1. The third-order valence-corrected chi connectivity index (χ3v) is 3.35. The van der Waals surface area contributed by atoms with Crippen molar-refractivity contribution in [3.8, 4) is 0 Å². The molecule has 0 spiro atoms. The van der Waals surface area contributed by atoms with Gasteiger partial charge >= 0.3 is 5.97 Å². The lowest BCUT2D eigenvalue weighted by molar-refractivity contribution is 0.0698. The second-order valence-electron chi connectivity index (χ2n) is 3.68. The van der Waals surface area contributed by atoms with Crippen LogP contribution in [0.3, 0.4) is 0 Å². The van der Waals surface area contributed by atoms with Crippen LogP contribution in [0.15, 0.2) is 28.7 Å². The summed E-state index contributed by atoms with van der Waals surface area (Å²) >= 11 is 3.34. The summed E-state index contributed by atoms with van der Waals surface area (Å²) in [7, 11) is 0. The number of nitrogen functional groups attached to an aromatic ring is 1. The molecule has 0 aromatic heterocycles. The number of aryl methyl sites for hydroxylation is 1. The van der Waals surface area contributed by atoms with Crippen LogP contribution in [0, 0.1) is 6.92 Å². The normalized spacial score (nSPS) is 10.6. The second kappa shape index (κ2) is 3.79. The highest BCUT2D eigenvalue weighted by molar-refractivity contribution is 9.10. The molecule has 2 rings (SSSR count). The molecule has 3 nitrogen and oxygen atoms in total. The highest BCUT2D eigenvalue weighted by atomic mass is 79.9. The van der Waals surface area contributed by atoms with Gasteiger partial charge in [0.15, 0.2) is 0 Å². The first-order valence-electron chi connectivity index (χ1n) is 4.72. The molecule has 0 aliphatic rings. The summed E-state index contributed by atoms with van der Waals surface area (Å²) in [6, 6.07) is 7.43. The summed E-state index contributed by atoms with van der Waals surface area (Å²) in [6.45, 7) is 1.96. The first kappa shape index (κ1) is 11.0. The van der Waals surface area contributed by atoms with Crippen molar-refractivity contribution in [2.75, 3.05) is 5.73 Å². The van der Waals surface area contributed by atoms with E-state index >= 15 is 0 Å². The van der Waals surface area contributed by atoms with Crippen LogP contribution in [0.25, 0.3) is 10.8 Å². The van der Waals surface area contributed by atoms with E-state index in [1.165, 1.54) is 0 Å². The zero-order valence-electron chi connectivity index (χ0n) is 8.62. The van der Waals surface area contributed by atoms with Crippen molar-refractivity contribution < 1.29 is 9.90 Å². The maximum atomic E-state index is 11.0. The van der Waals surface area contributed by atoms with Crippen LogP contribution < -0.4 is 5.73 Å². The van der Waals surface area contributed by atoms with Crippen LogP contribution in [0.2, 0.25) is 0 Å². The van der Waals surface area contributed by atoms with Gasteiger partial charge in [-0.05, 0) is 39.7 Å². The maximum absolute atomic E-state index is 11.0. The van der Waals surface area contributed by atoms with Gasteiger partial charge in [-0.15, -0.1) is 0 Å². The minimum absolute atomic E-state index is 0.130. The van der Waals surface area contributed by atoms with Gasteiger partial charge in [0.05, 0.1) is 11.3 Å². The van der Waals surface area contributed by atoms with Crippen LogP contribution in [0.1, 0.15) is 15.9 Å². The first-order chi connectivity index (χ1) is 7.50. The van der Waals surface area contributed by atoms with Gasteiger partial charge in [0.2, 0.25) is 0 Å². The quantitative estimate of drug-likeness (QED) is 0.788. The number of hydrogen-bond donors (Lipinski definition) is 2. The Hall–Kier alpha value is -1.55. The summed E-state index contributed by atoms with van der Waals surface area (Å²) in [5, 5.41) is 10.8. The van der Waals surface area contributed by atoms with Crippen molar-refractivity contribution in [1.29, 1.82) is 0 Å². The number of fused-ring (bicyclic) bond motifs is 1. The van der Waals surface area contributed by atoms with Crippen molar-refractivity contribution in [3.63, 3.8) is 0 Å². The zero-order chi connectivity index (χ0) is 11.9. The third kappa shape index (κ3) is 1.65. The van der Waals surface area contributed by atoms with Crippen molar-refractivity contribution in [3.05, 3.63) is 39.9 Å². The molecule has 0 unspecified atom stereocenters. The molecule has 3 N–H and O–H groups in total. The van der Waals surface area contributed by atoms with Crippen LogP contribution >= 0.6 is 15.9 Å². The smallest absolute Gasteiger partial charge is 0.337 e. The number of anilines is 1. The minimum atomic E-state index is -1.01.